The van der Waals surface area contributed by atoms with Crippen LogP contribution in [0, 0.1) is 11.8 Å². The lowest BCUT2D eigenvalue weighted by atomic mass is 9.82. The van der Waals surface area contributed by atoms with Crippen LogP contribution >= 0.6 is 0 Å². The van der Waals surface area contributed by atoms with Crippen LogP contribution in [0.15, 0.2) is 54.6 Å². The van der Waals surface area contributed by atoms with Gasteiger partial charge in [-0.15, -0.1) is 0 Å². The van der Waals surface area contributed by atoms with E-state index in [1.165, 1.54) is 11.8 Å². The van der Waals surface area contributed by atoms with Crippen molar-refractivity contribution in [1.82, 2.24) is 20.9 Å². The maximum Gasteiger partial charge on any atom is 0.326 e. The summed E-state index contributed by atoms with van der Waals surface area (Å²) >= 11 is 0. The third-order valence-electron chi connectivity index (χ3n) is 9.08. The SMILES string of the molecule is CC(C)[C@H](NC(=O)[C@H](C)N)C(=O)NC(C(=O)N1Cc2ccccc2C[C@H]1C(=O)N[C@@H](Cc1ccccc1)C(=O)O)C1CCCCC1. The number of carbonyl (C=O) groups excluding carboxylic acids is 4. The molecule has 4 rings (SSSR count). The number of amides is 4. The van der Waals surface area contributed by atoms with Gasteiger partial charge in [0.05, 0.1) is 6.04 Å². The normalized spacial score (nSPS) is 19.2. The summed E-state index contributed by atoms with van der Waals surface area (Å²) in [6.45, 7) is 5.28. The number of carboxylic acids is 1. The predicted octanol–water partition coefficient (Wildman–Crippen LogP) is 2.31. The van der Waals surface area contributed by atoms with Gasteiger partial charge in [-0.25, -0.2) is 4.79 Å². The summed E-state index contributed by atoms with van der Waals surface area (Å²) in [6, 6.07) is 11.8. The molecule has 11 nitrogen and oxygen atoms in total. The topological polar surface area (TPSA) is 171 Å². The number of fused-ring (bicyclic) bond motifs is 1. The molecule has 2 aliphatic rings. The van der Waals surface area contributed by atoms with Gasteiger partial charge in [-0.2, -0.15) is 0 Å². The van der Waals surface area contributed by atoms with Crippen molar-refractivity contribution in [1.29, 1.82) is 0 Å². The van der Waals surface area contributed by atoms with Crippen molar-refractivity contribution in [3.8, 4) is 0 Å². The van der Waals surface area contributed by atoms with Crippen molar-refractivity contribution >= 4 is 29.6 Å². The van der Waals surface area contributed by atoms with Crippen LogP contribution in [0.5, 0.6) is 0 Å². The fraction of sp³-hybridized carbons (Fsp3) is 0.514. The number of nitrogens with one attached hydrogen (secondary N) is 3. The highest BCUT2D eigenvalue weighted by molar-refractivity contribution is 5.96. The van der Waals surface area contributed by atoms with E-state index < -0.39 is 59.8 Å². The number of benzene rings is 2. The van der Waals surface area contributed by atoms with Crippen molar-refractivity contribution < 1.29 is 29.1 Å². The molecule has 2 aromatic rings. The summed E-state index contributed by atoms with van der Waals surface area (Å²) < 4.78 is 0. The van der Waals surface area contributed by atoms with E-state index in [1.54, 1.807) is 38.1 Å². The van der Waals surface area contributed by atoms with Gasteiger partial charge in [0.1, 0.15) is 24.2 Å². The summed E-state index contributed by atoms with van der Waals surface area (Å²) in [5.74, 6) is -3.53. The van der Waals surface area contributed by atoms with Crippen LogP contribution in [0.25, 0.3) is 0 Å². The highest BCUT2D eigenvalue weighted by Crippen LogP contribution is 2.31. The Labute approximate surface area is 270 Å². The lowest BCUT2D eigenvalue weighted by Gasteiger charge is -2.41. The first kappa shape index (κ1) is 34.6. The predicted molar refractivity (Wildman–Crippen MR) is 173 cm³/mol. The highest BCUT2D eigenvalue weighted by Gasteiger charge is 2.42. The van der Waals surface area contributed by atoms with E-state index in [4.69, 9.17) is 5.73 Å². The molecule has 0 spiro atoms. The lowest BCUT2D eigenvalue weighted by molar-refractivity contribution is -0.148. The first-order chi connectivity index (χ1) is 22.0. The zero-order valence-corrected chi connectivity index (χ0v) is 26.9. The van der Waals surface area contributed by atoms with Gasteiger partial charge in [0, 0.05) is 19.4 Å². The van der Waals surface area contributed by atoms with E-state index >= 15 is 0 Å². The first-order valence-corrected chi connectivity index (χ1v) is 16.3. The van der Waals surface area contributed by atoms with Gasteiger partial charge >= 0.3 is 5.97 Å². The molecule has 248 valence electrons. The number of hydrogen-bond donors (Lipinski definition) is 5. The number of nitrogens with two attached hydrogens (primary N) is 1. The maximum absolute atomic E-state index is 14.6. The number of carboxylic acid groups (broad SMARTS) is 1. The summed E-state index contributed by atoms with van der Waals surface area (Å²) in [7, 11) is 0. The Balaban J connectivity index is 1.63. The van der Waals surface area contributed by atoms with Crippen molar-refractivity contribution in [3.63, 3.8) is 0 Å². The maximum atomic E-state index is 14.6. The monoisotopic (exact) mass is 633 g/mol. The van der Waals surface area contributed by atoms with Gasteiger partial charge in [0.2, 0.25) is 23.6 Å². The van der Waals surface area contributed by atoms with Crippen LogP contribution in [0.2, 0.25) is 0 Å². The van der Waals surface area contributed by atoms with E-state index in [1.807, 2.05) is 30.3 Å². The minimum Gasteiger partial charge on any atom is -0.480 e. The number of aliphatic carboxylic acids is 1. The second-order valence-corrected chi connectivity index (χ2v) is 12.9. The van der Waals surface area contributed by atoms with Crippen LogP contribution in [0.3, 0.4) is 0 Å². The van der Waals surface area contributed by atoms with Crippen molar-refractivity contribution in [2.75, 3.05) is 0 Å². The van der Waals surface area contributed by atoms with Gasteiger partial charge < -0.3 is 31.7 Å². The van der Waals surface area contributed by atoms with Crippen LogP contribution < -0.4 is 21.7 Å². The Hall–Kier alpha value is -4.25. The standard InChI is InChI=1S/C35H47N5O6/c1-21(2)29(38-31(41)22(3)36)33(43)39-30(24-14-8-5-9-15-24)34(44)40-20-26-17-11-10-16-25(26)19-28(40)32(42)37-27(35(45)46)18-23-12-6-4-7-13-23/h4,6-7,10-13,16-17,21-22,24,27-30H,5,8-9,14-15,18-20,36H2,1-3H3,(H,37,42)(H,38,41)(H,39,43)(H,45,46)/t22-,27-,28-,29-,30?/m0/s1. The van der Waals surface area contributed by atoms with Crippen LogP contribution in [-0.2, 0) is 43.4 Å². The zero-order chi connectivity index (χ0) is 33.4. The second kappa shape index (κ2) is 15.8. The minimum atomic E-state index is -1.20. The van der Waals surface area contributed by atoms with E-state index in [0.29, 0.717) is 0 Å². The van der Waals surface area contributed by atoms with Crippen LogP contribution in [0.1, 0.15) is 69.6 Å². The first-order valence-electron chi connectivity index (χ1n) is 16.3. The van der Waals surface area contributed by atoms with Gasteiger partial charge in [-0.3, -0.25) is 19.2 Å². The van der Waals surface area contributed by atoms with E-state index in [-0.39, 0.29) is 31.2 Å². The summed E-state index contributed by atoms with van der Waals surface area (Å²) in [5, 5.41) is 18.4. The van der Waals surface area contributed by atoms with Gasteiger partial charge in [0.15, 0.2) is 0 Å². The van der Waals surface area contributed by atoms with E-state index in [0.717, 1.165) is 48.8 Å². The molecule has 46 heavy (non-hydrogen) atoms. The Morgan fingerprint density at radius 3 is 2.09 bits per heavy atom. The van der Waals surface area contributed by atoms with Crippen molar-refractivity contribution in [2.45, 2.75) is 102 Å². The Morgan fingerprint density at radius 2 is 1.48 bits per heavy atom. The molecule has 0 aromatic heterocycles. The molecule has 1 fully saturated rings. The number of rotatable bonds is 12. The Kier molecular flexibility index (Phi) is 11.9. The molecular weight excluding hydrogens is 586 g/mol. The Bertz CT molecular complexity index is 1390. The molecule has 0 radical (unpaired) electrons. The lowest BCUT2D eigenvalue weighted by Crippen LogP contribution is -2.62. The molecule has 5 atom stereocenters. The molecule has 4 amide bonds. The molecular formula is C35H47N5O6. The zero-order valence-electron chi connectivity index (χ0n) is 26.9. The summed E-state index contributed by atoms with van der Waals surface area (Å²) in [5.41, 5.74) is 8.29. The number of carbonyl (C=O) groups is 5. The molecule has 2 aromatic carbocycles. The average molecular weight is 634 g/mol. The van der Waals surface area contributed by atoms with Crippen molar-refractivity contribution in [3.05, 3.63) is 71.3 Å². The molecule has 0 bridgehead atoms. The highest BCUT2D eigenvalue weighted by atomic mass is 16.4. The summed E-state index contributed by atoms with van der Waals surface area (Å²) in [6.07, 6.45) is 4.60. The molecule has 1 aliphatic carbocycles. The average Bonchev–Trinajstić information content (AvgIpc) is 3.05. The quantitative estimate of drug-likeness (QED) is 0.239. The smallest absolute Gasteiger partial charge is 0.326 e. The Morgan fingerprint density at radius 1 is 0.848 bits per heavy atom. The largest absolute Gasteiger partial charge is 0.480 e. The molecule has 1 heterocycles. The fourth-order valence-corrected chi connectivity index (χ4v) is 6.40. The van der Waals surface area contributed by atoms with E-state index in [9.17, 15) is 29.1 Å². The molecule has 1 aliphatic heterocycles. The molecule has 1 saturated carbocycles. The third-order valence-corrected chi connectivity index (χ3v) is 9.08. The molecule has 0 saturated heterocycles. The fourth-order valence-electron chi connectivity index (χ4n) is 6.40. The van der Waals surface area contributed by atoms with E-state index in [2.05, 4.69) is 16.0 Å². The number of hydrogen-bond acceptors (Lipinski definition) is 6. The third kappa shape index (κ3) is 8.72. The second-order valence-electron chi connectivity index (χ2n) is 12.9. The molecule has 11 heteroatoms. The summed E-state index contributed by atoms with van der Waals surface area (Å²) in [4.78, 5) is 68.4. The van der Waals surface area contributed by atoms with Crippen molar-refractivity contribution in [2.24, 2.45) is 17.6 Å². The molecule has 1 unspecified atom stereocenters. The minimum absolute atomic E-state index is 0.0870. The van der Waals surface area contributed by atoms with Gasteiger partial charge in [0.25, 0.3) is 0 Å². The number of nitrogens with zero attached hydrogens (tertiary/aromatic N) is 1. The van der Waals surface area contributed by atoms with Crippen LogP contribution in [-0.4, -0.2) is 69.8 Å². The van der Waals surface area contributed by atoms with Crippen LogP contribution in [0.4, 0.5) is 0 Å². The van der Waals surface area contributed by atoms with Gasteiger partial charge in [-0.05, 0) is 48.3 Å². The van der Waals surface area contributed by atoms with Gasteiger partial charge in [-0.1, -0.05) is 87.7 Å². The molecule has 6 N–H and O–H groups in total.